The van der Waals surface area contributed by atoms with Crippen LogP contribution in [0.25, 0.3) is 0 Å². The number of benzene rings is 1. The molecular weight excluding hydrogens is 284 g/mol. The topological polar surface area (TPSA) is 64.6 Å². The van der Waals surface area contributed by atoms with Crippen molar-refractivity contribution in [2.45, 2.75) is 18.4 Å². The first-order chi connectivity index (χ1) is 10.0. The van der Waals surface area contributed by atoms with Gasteiger partial charge in [0.15, 0.2) is 6.10 Å². The summed E-state index contributed by atoms with van der Waals surface area (Å²) < 4.78 is 36.6. The van der Waals surface area contributed by atoms with Crippen molar-refractivity contribution in [2.24, 2.45) is 5.92 Å². The van der Waals surface area contributed by atoms with Crippen LogP contribution in [0.3, 0.4) is 0 Å². The molecule has 0 bridgehead atoms. The molecule has 1 amide bonds. The Bertz CT molecular complexity index is 592. The molecular formula is C14H13F2NO4. The minimum absolute atomic E-state index is 0.0353. The van der Waals surface area contributed by atoms with Gasteiger partial charge in [0.05, 0.1) is 12.5 Å². The number of halogens is 2. The number of nitrogens with one attached hydrogen (secondary N) is 1. The third-order valence-corrected chi connectivity index (χ3v) is 3.61. The Balaban J connectivity index is 1.53. The Morgan fingerprint density at radius 2 is 2.24 bits per heavy atom. The standard InChI is InChI=1S/C14H13F2NO4/c15-7-1-2-12(16)10(3-7)9-4-11(9)13(18)20-6-8-5-17-14(19)21-8/h1-3,8-9,11H,4-6H2,(H,17,19)/t8-,9?,11?/m1/s1. The van der Waals surface area contributed by atoms with Crippen LogP contribution in [0.5, 0.6) is 0 Å². The van der Waals surface area contributed by atoms with Gasteiger partial charge in [0.25, 0.3) is 0 Å². The Kier molecular flexibility index (Phi) is 3.48. The van der Waals surface area contributed by atoms with E-state index in [0.717, 1.165) is 18.2 Å². The summed E-state index contributed by atoms with van der Waals surface area (Å²) in [6.45, 7) is 0.255. The van der Waals surface area contributed by atoms with Crippen LogP contribution in [0.4, 0.5) is 13.6 Å². The second-order valence-electron chi connectivity index (χ2n) is 5.15. The molecule has 1 aliphatic carbocycles. The summed E-state index contributed by atoms with van der Waals surface area (Å²) in [7, 11) is 0. The monoisotopic (exact) mass is 297 g/mol. The molecule has 7 heteroatoms. The number of rotatable bonds is 4. The average Bonchev–Trinajstić information content (AvgIpc) is 3.14. The highest BCUT2D eigenvalue weighted by Crippen LogP contribution is 2.49. The fraction of sp³-hybridized carbons (Fsp3) is 0.429. The van der Waals surface area contributed by atoms with Crippen LogP contribution in [0.1, 0.15) is 17.9 Å². The molecule has 2 unspecified atom stereocenters. The molecule has 1 N–H and O–H groups in total. The van der Waals surface area contributed by atoms with E-state index in [4.69, 9.17) is 9.47 Å². The maximum Gasteiger partial charge on any atom is 0.407 e. The van der Waals surface area contributed by atoms with Gasteiger partial charge in [0.1, 0.15) is 18.2 Å². The van der Waals surface area contributed by atoms with Crippen LogP contribution in [-0.2, 0) is 14.3 Å². The predicted molar refractivity (Wildman–Crippen MR) is 66.4 cm³/mol. The molecule has 0 radical (unpaired) electrons. The average molecular weight is 297 g/mol. The van der Waals surface area contributed by atoms with Gasteiger partial charge in [-0.05, 0) is 30.2 Å². The van der Waals surface area contributed by atoms with E-state index in [1.165, 1.54) is 0 Å². The van der Waals surface area contributed by atoms with Crippen molar-refractivity contribution in [3.8, 4) is 0 Å². The van der Waals surface area contributed by atoms with E-state index in [1.54, 1.807) is 0 Å². The summed E-state index contributed by atoms with van der Waals surface area (Å²) >= 11 is 0. The maximum absolute atomic E-state index is 13.6. The van der Waals surface area contributed by atoms with E-state index in [-0.39, 0.29) is 18.1 Å². The summed E-state index contributed by atoms with van der Waals surface area (Å²) in [5.74, 6) is -2.35. The fourth-order valence-electron chi connectivity index (χ4n) is 2.40. The smallest absolute Gasteiger partial charge is 0.407 e. The van der Waals surface area contributed by atoms with Crippen molar-refractivity contribution in [3.63, 3.8) is 0 Å². The van der Waals surface area contributed by atoms with E-state index in [0.29, 0.717) is 13.0 Å². The molecule has 2 aliphatic rings. The third kappa shape index (κ3) is 2.96. The zero-order valence-corrected chi connectivity index (χ0v) is 11.0. The SMILES string of the molecule is O=C1NC[C@H](COC(=O)C2CC2c2cc(F)ccc2F)O1. The minimum atomic E-state index is -0.540. The number of ether oxygens (including phenoxy) is 2. The highest BCUT2D eigenvalue weighted by Gasteiger charge is 2.46. The predicted octanol–water partition coefficient (Wildman–Crippen LogP) is 1.72. The lowest BCUT2D eigenvalue weighted by molar-refractivity contribution is -0.147. The number of alkyl carbamates (subject to hydrolysis) is 1. The molecule has 1 aromatic carbocycles. The number of hydrogen-bond acceptors (Lipinski definition) is 4. The van der Waals surface area contributed by atoms with Gasteiger partial charge in [-0.3, -0.25) is 4.79 Å². The third-order valence-electron chi connectivity index (χ3n) is 3.61. The van der Waals surface area contributed by atoms with Gasteiger partial charge in [-0.1, -0.05) is 0 Å². The first-order valence-corrected chi connectivity index (χ1v) is 6.60. The molecule has 1 aliphatic heterocycles. The van der Waals surface area contributed by atoms with Gasteiger partial charge in [-0.2, -0.15) is 0 Å². The molecule has 3 rings (SSSR count). The quantitative estimate of drug-likeness (QED) is 0.859. The van der Waals surface area contributed by atoms with Crippen molar-refractivity contribution in [3.05, 3.63) is 35.4 Å². The Morgan fingerprint density at radius 1 is 1.43 bits per heavy atom. The maximum atomic E-state index is 13.6. The second-order valence-corrected chi connectivity index (χ2v) is 5.15. The van der Waals surface area contributed by atoms with Crippen LogP contribution in [-0.4, -0.2) is 31.3 Å². The van der Waals surface area contributed by atoms with Gasteiger partial charge in [0.2, 0.25) is 0 Å². The van der Waals surface area contributed by atoms with Crippen molar-refractivity contribution in [1.29, 1.82) is 0 Å². The molecule has 112 valence electrons. The highest BCUT2D eigenvalue weighted by atomic mass is 19.1. The molecule has 1 aromatic rings. The van der Waals surface area contributed by atoms with Gasteiger partial charge in [0, 0.05) is 5.92 Å². The lowest BCUT2D eigenvalue weighted by atomic mass is 10.1. The first kappa shape index (κ1) is 13.8. The lowest BCUT2D eigenvalue weighted by Crippen LogP contribution is -2.23. The lowest BCUT2D eigenvalue weighted by Gasteiger charge is -2.09. The molecule has 2 fully saturated rings. The van der Waals surface area contributed by atoms with Crippen LogP contribution in [0.2, 0.25) is 0 Å². The summed E-state index contributed by atoms with van der Waals surface area (Å²) in [5.41, 5.74) is 0.200. The van der Waals surface area contributed by atoms with Crippen molar-refractivity contribution in [1.82, 2.24) is 5.32 Å². The summed E-state index contributed by atoms with van der Waals surface area (Å²) in [6, 6.07) is 3.20. The molecule has 5 nitrogen and oxygen atoms in total. The summed E-state index contributed by atoms with van der Waals surface area (Å²) in [5, 5.41) is 2.44. The molecule has 3 atom stereocenters. The van der Waals surface area contributed by atoms with Crippen molar-refractivity contribution >= 4 is 12.1 Å². The van der Waals surface area contributed by atoms with Gasteiger partial charge >= 0.3 is 12.1 Å². The largest absolute Gasteiger partial charge is 0.461 e. The van der Waals surface area contributed by atoms with Crippen molar-refractivity contribution in [2.75, 3.05) is 13.2 Å². The number of carbonyl (C=O) groups is 2. The van der Waals surface area contributed by atoms with Crippen LogP contribution >= 0.6 is 0 Å². The normalized spacial score (nSPS) is 27.0. The highest BCUT2D eigenvalue weighted by molar-refractivity contribution is 5.77. The number of cyclic esters (lactones) is 1. The van der Waals surface area contributed by atoms with E-state index in [1.807, 2.05) is 0 Å². The molecule has 1 saturated carbocycles. The van der Waals surface area contributed by atoms with Crippen LogP contribution in [0.15, 0.2) is 18.2 Å². The zero-order valence-electron chi connectivity index (χ0n) is 11.0. The minimum Gasteiger partial charge on any atom is -0.461 e. The number of esters is 1. The second kappa shape index (κ2) is 5.31. The number of amides is 1. The summed E-state index contributed by atoms with van der Waals surface area (Å²) in [6.07, 6.45) is -0.603. The van der Waals surface area contributed by atoms with Crippen LogP contribution < -0.4 is 5.32 Å². The van der Waals surface area contributed by atoms with Gasteiger partial charge in [-0.25, -0.2) is 13.6 Å². The van der Waals surface area contributed by atoms with Crippen LogP contribution in [0, 0.1) is 17.6 Å². The molecule has 21 heavy (non-hydrogen) atoms. The van der Waals surface area contributed by atoms with Crippen molar-refractivity contribution < 1.29 is 27.8 Å². The fourth-order valence-corrected chi connectivity index (χ4v) is 2.40. The number of carbonyl (C=O) groups excluding carboxylic acids is 2. The van der Waals surface area contributed by atoms with E-state index >= 15 is 0 Å². The summed E-state index contributed by atoms with van der Waals surface area (Å²) in [4.78, 5) is 22.6. The van der Waals surface area contributed by atoms with Gasteiger partial charge < -0.3 is 14.8 Å². The molecule has 1 saturated heterocycles. The molecule has 1 heterocycles. The van der Waals surface area contributed by atoms with E-state index in [9.17, 15) is 18.4 Å². The van der Waals surface area contributed by atoms with E-state index in [2.05, 4.69) is 5.32 Å². The Labute approximate surface area is 119 Å². The van der Waals surface area contributed by atoms with Gasteiger partial charge in [-0.15, -0.1) is 0 Å². The Hall–Kier alpha value is -2.18. The molecule has 0 spiro atoms. The zero-order chi connectivity index (χ0) is 15.0. The first-order valence-electron chi connectivity index (χ1n) is 6.60. The van der Waals surface area contributed by atoms with E-state index < -0.39 is 35.7 Å². The number of hydrogen-bond donors (Lipinski definition) is 1. The Morgan fingerprint density at radius 3 is 2.95 bits per heavy atom. The molecule has 0 aromatic heterocycles.